The van der Waals surface area contributed by atoms with Crippen LogP contribution in [-0.2, 0) is 0 Å². The molecule has 9 unspecified atom stereocenters. The first-order valence-corrected chi connectivity index (χ1v) is 27.9. The molecule has 0 N–H and O–H groups in total. The molecule has 0 amide bonds. The standard InChI is InChI=1S/C53H95P/c1-5-7-9-11-13-21-35-53(36-22-14-12-10-8-6-2)50-37-40(3)27-33-48(50)52-49-39-43(30-34-47(49)41(4)38-51(52)53)42-28-31-46(32-29-42)54(44-23-17-15-18-24-44)45-25-19-16-20-26-45/h40-52H,5-39H2,1-4H3. The van der Waals surface area contributed by atoms with Gasteiger partial charge < -0.3 is 0 Å². The normalized spacial score (nSPS) is 38.9. The third-order valence-electron chi connectivity index (χ3n) is 19.3. The highest BCUT2D eigenvalue weighted by atomic mass is 31.1. The molecule has 0 heterocycles. The van der Waals surface area contributed by atoms with Gasteiger partial charge in [0, 0.05) is 0 Å². The minimum atomic E-state index is 0.278. The quantitative estimate of drug-likeness (QED) is 0.0964. The molecule has 0 saturated heterocycles. The van der Waals surface area contributed by atoms with Crippen LogP contribution in [0.1, 0.15) is 252 Å². The van der Waals surface area contributed by atoms with E-state index in [0.717, 1.165) is 76.2 Å². The van der Waals surface area contributed by atoms with Gasteiger partial charge in [-0.15, -0.1) is 0 Å². The van der Waals surface area contributed by atoms with Crippen LogP contribution in [0.2, 0.25) is 0 Å². The summed E-state index contributed by atoms with van der Waals surface area (Å²) in [6.07, 6.45) is 54.8. The molecule has 7 saturated carbocycles. The van der Waals surface area contributed by atoms with Crippen molar-refractivity contribution in [1.29, 1.82) is 0 Å². The molecule has 7 aliphatic carbocycles. The van der Waals surface area contributed by atoms with E-state index >= 15 is 0 Å². The van der Waals surface area contributed by atoms with Crippen molar-refractivity contribution in [3.63, 3.8) is 0 Å². The lowest BCUT2D eigenvalue weighted by Crippen LogP contribution is -2.46. The summed E-state index contributed by atoms with van der Waals surface area (Å²) in [6.45, 7) is 10.3. The maximum atomic E-state index is 2.79. The number of unbranched alkanes of at least 4 members (excludes halogenated alkanes) is 10. The summed E-state index contributed by atoms with van der Waals surface area (Å²) >= 11 is 0. The van der Waals surface area contributed by atoms with E-state index in [4.69, 9.17) is 0 Å². The Balaban J connectivity index is 1.05. The third kappa shape index (κ3) is 9.89. The fourth-order valence-corrected chi connectivity index (χ4v) is 21.4. The first-order valence-electron chi connectivity index (χ1n) is 26.3. The van der Waals surface area contributed by atoms with Crippen LogP contribution in [0.15, 0.2) is 0 Å². The second-order valence-electron chi connectivity index (χ2n) is 22.4. The molecule has 0 spiro atoms. The average Bonchev–Trinajstić information content (AvgIpc) is 3.46. The van der Waals surface area contributed by atoms with Crippen LogP contribution in [0.5, 0.6) is 0 Å². The Bertz CT molecular complexity index is 1010. The van der Waals surface area contributed by atoms with Crippen molar-refractivity contribution < 1.29 is 0 Å². The number of hydrogen-bond donors (Lipinski definition) is 0. The molecule has 0 aromatic rings. The largest absolute Gasteiger partial charge is 0.0971 e. The summed E-state index contributed by atoms with van der Waals surface area (Å²) in [4.78, 5) is 0. The Morgan fingerprint density at radius 2 is 0.944 bits per heavy atom. The van der Waals surface area contributed by atoms with Crippen molar-refractivity contribution in [2.24, 2.45) is 64.6 Å². The van der Waals surface area contributed by atoms with Crippen molar-refractivity contribution in [1.82, 2.24) is 0 Å². The first-order chi connectivity index (χ1) is 26.5. The zero-order chi connectivity index (χ0) is 37.3. The van der Waals surface area contributed by atoms with Gasteiger partial charge in [0.2, 0.25) is 0 Å². The predicted octanol–water partition coefficient (Wildman–Crippen LogP) is 17.6. The maximum absolute atomic E-state index is 2.79. The van der Waals surface area contributed by atoms with Gasteiger partial charge in [-0.2, -0.15) is 0 Å². The smallest absolute Gasteiger partial charge is 0.0204 e. The lowest BCUT2D eigenvalue weighted by atomic mass is 9.51. The Morgan fingerprint density at radius 1 is 0.426 bits per heavy atom. The predicted molar refractivity (Wildman–Crippen MR) is 240 cm³/mol. The van der Waals surface area contributed by atoms with E-state index in [-0.39, 0.29) is 7.92 Å². The molecule has 0 aromatic carbocycles. The molecule has 0 radical (unpaired) electrons. The SMILES string of the molecule is CCCCCCCCC1(CCCCCCCC)C2CC(C)CCC2C2C3CC(C4CCC(P(C5CCCCC5)C5CCCCC5)CC4)CCC3C(C)CC21. The Morgan fingerprint density at radius 3 is 1.54 bits per heavy atom. The van der Waals surface area contributed by atoms with E-state index in [9.17, 15) is 0 Å². The molecule has 312 valence electrons. The molecule has 1 heteroatoms. The summed E-state index contributed by atoms with van der Waals surface area (Å²) in [5.74, 6) is 10.7. The van der Waals surface area contributed by atoms with Gasteiger partial charge in [0.1, 0.15) is 0 Å². The van der Waals surface area contributed by atoms with Crippen molar-refractivity contribution in [3.05, 3.63) is 0 Å². The molecule has 7 fully saturated rings. The van der Waals surface area contributed by atoms with Crippen LogP contribution in [-0.4, -0.2) is 17.0 Å². The van der Waals surface area contributed by atoms with Crippen LogP contribution in [0.3, 0.4) is 0 Å². The molecule has 0 nitrogen and oxygen atoms in total. The first kappa shape index (κ1) is 42.6. The highest BCUT2D eigenvalue weighted by molar-refractivity contribution is 7.60. The van der Waals surface area contributed by atoms with Gasteiger partial charge in [0.25, 0.3) is 0 Å². The topological polar surface area (TPSA) is 0 Å². The molecular formula is C53H95P. The number of hydrogen-bond acceptors (Lipinski definition) is 0. The number of rotatable bonds is 18. The Kier molecular flexibility index (Phi) is 16.6. The molecule has 54 heavy (non-hydrogen) atoms. The van der Waals surface area contributed by atoms with Gasteiger partial charge in [-0.25, -0.2) is 0 Å². The van der Waals surface area contributed by atoms with E-state index in [1.165, 1.54) is 64.2 Å². The zero-order valence-electron chi connectivity index (χ0n) is 37.2. The van der Waals surface area contributed by atoms with Crippen molar-refractivity contribution in [3.8, 4) is 0 Å². The average molecular weight is 763 g/mol. The second-order valence-corrected chi connectivity index (χ2v) is 25.4. The van der Waals surface area contributed by atoms with E-state index in [0.29, 0.717) is 5.41 Å². The minimum absolute atomic E-state index is 0.278. The monoisotopic (exact) mass is 763 g/mol. The van der Waals surface area contributed by atoms with Gasteiger partial charge in [-0.05, 0) is 184 Å². The summed E-state index contributed by atoms with van der Waals surface area (Å²) < 4.78 is 0. The molecule has 0 aliphatic heterocycles. The summed E-state index contributed by atoms with van der Waals surface area (Å²) in [5.41, 5.74) is 4.17. The minimum Gasteiger partial charge on any atom is -0.0971 e. The van der Waals surface area contributed by atoms with Crippen LogP contribution >= 0.6 is 7.92 Å². The molecule has 9 atom stereocenters. The van der Waals surface area contributed by atoms with Crippen LogP contribution < -0.4 is 0 Å². The zero-order valence-corrected chi connectivity index (χ0v) is 38.1. The van der Waals surface area contributed by atoms with E-state index in [1.807, 2.05) is 0 Å². The third-order valence-corrected chi connectivity index (χ3v) is 23.3. The fraction of sp³-hybridized carbons (Fsp3) is 1.00. The van der Waals surface area contributed by atoms with Gasteiger partial charge in [0.15, 0.2) is 0 Å². The van der Waals surface area contributed by atoms with E-state index in [2.05, 4.69) is 27.7 Å². The van der Waals surface area contributed by atoms with E-state index < -0.39 is 0 Å². The molecule has 7 rings (SSSR count). The van der Waals surface area contributed by atoms with Crippen molar-refractivity contribution in [2.75, 3.05) is 0 Å². The Hall–Kier alpha value is 0.430. The van der Waals surface area contributed by atoms with Gasteiger partial charge in [-0.1, -0.05) is 158 Å². The van der Waals surface area contributed by atoms with Gasteiger partial charge >= 0.3 is 0 Å². The molecular weight excluding hydrogens is 668 g/mol. The highest BCUT2D eigenvalue weighted by Gasteiger charge is 2.64. The highest BCUT2D eigenvalue weighted by Crippen LogP contribution is 2.72. The van der Waals surface area contributed by atoms with Crippen molar-refractivity contribution >= 4 is 7.92 Å². The summed E-state index contributed by atoms with van der Waals surface area (Å²) in [6, 6.07) is 0. The number of fused-ring (bicyclic) bond motifs is 5. The second kappa shape index (κ2) is 21.1. The van der Waals surface area contributed by atoms with E-state index in [1.54, 1.807) is 161 Å². The molecule has 7 aliphatic rings. The maximum Gasteiger partial charge on any atom is -0.0204 e. The van der Waals surface area contributed by atoms with Crippen LogP contribution in [0, 0.1) is 64.6 Å². The van der Waals surface area contributed by atoms with Crippen LogP contribution in [0.25, 0.3) is 0 Å². The fourth-order valence-electron chi connectivity index (χ4n) is 16.8. The van der Waals surface area contributed by atoms with Crippen molar-refractivity contribution in [2.45, 2.75) is 269 Å². The molecule has 0 aromatic heterocycles. The van der Waals surface area contributed by atoms with Gasteiger partial charge in [-0.3, -0.25) is 0 Å². The summed E-state index contributed by atoms with van der Waals surface area (Å²) in [5, 5.41) is 0. The molecule has 0 bridgehead atoms. The summed E-state index contributed by atoms with van der Waals surface area (Å²) in [7, 11) is 0.278. The lowest BCUT2D eigenvalue weighted by Gasteiger charge is -2.54. The van der Waals surface area contributed by atoms with Crippen LogP contribution in [0.4, 0.5) is 0 Å². The Labute approximate surface area is 340 Å². The lowest BCUT2D eigenvalue weighted by molar-refractivity contribution is -0.0476. The van der Waals surface area contributed by atoms with Gasteiger partial charge in [0.05, 0.1) is 0 Å².